The summed E-state index contributed by atoms with van der Waals surface area (Å²) in [5.41, 5.74) is 0. The molecule has 0 aromatic rings. The molecule has 2 aliphatic rings. The number of aliphatic hydroxyl groups is 1. The quantitative estimate of drug-likeness (QED) is 0.612. The fourth-order valence-corrected chi connectivity index (χ4v) is 2.08. The number of amides is 2. The highest BCUT2D eigenvalue weighted by molar-refractivity contribution is 5.74. The molecule has 5 heteroatoms. The molecule has 0 aromatic heterocycles. The van der Waals surface area contributed by atoms with Gasteiger partial charge in [0.05, 0.1) is 19.3 Å². The number of aliphatic hydroxyl groups excluding tert-OH is 1. The summed E-state index contributed by atoms with van der Waals surface area (Å²) in [5.74, 6) is 0. The van der Waals surface area contributed by atoms with Crippen molar-refractivity contribution in [2.45, 2.75) is 18.9 Å². The summed E-state index contributed by atoms with van der Waals surface area (Å²) in [4.78, 5) is 15.5. The molecule has 2 amide bonds. The van der Waals surface area contributed by atoms with E-state index in [-0.39, 0.29) is 12.1 Å². The van der Waals surface area contributed by atoms with Gasteiger partial charge in [-0.3, -0.25) is 0 Å². The van der Waals surface area contributed by atoms with Crippen molar-refractivity contribution in [2.24, 2.45) is 0 Å². The first-order chi connectivity index (χ1) is 7.27. The van der Waals surface area contributed by atoms with Crippen LogP contribution in [0, 0.1) is 0 Å². The smallest absolute Gasteiger partial charge is 0.320 e. The second-order valence-electron chi connectivity index (χ2n) is 4.12. The van der Waals surface area contributed by atoms with E-state index in [0.717, 1.165) is 19.4 Å². The summed E-state index contributed by atoms with van der Waals surface area (Å²) >= 11 is 0. The SMILES string of the molecule is O=C(N1CCOCC1)N1CCCC(O)C1. The van der Waals surface area contributed by atoms with Crippen molar-refractivity contribution in [2.75, 3.05) is 39.4 Å². The van der Waals surface area contributed by atoms with E-state index in [1.54, 1.807) is 4.90 Å². The highest BCUT2D eigenvalue weighted by Crippen LogP contribution is 2.12. The number of ether oxygens (including phenoxy) is 1. The number of carbonyl (C=O) groups excluding carboxylic acids is 1. The first-order valence-corrected chi connectivity index (χ1v) is 5.57. The second kappa shape index (κ2) is 4.81. The minimum absolute atomic E-state index is 0.0528. The van der Waals surface area contributed by atoms with E-state index in [4.69, 9.17) is 4.74 Å². The molecule has 1 atom stereocenters. The second-order valence-corrected chi connectivity index (χ2v) is 4.12. The van der Waals surface area contributed by atoms with Gasteiger partial charge in [0.15, 0.2) is 0 Å². The normalized spacial score (nSPS) is 27.9. The van der Waals surface area contributed by atoms with Gasteiger partial charge in [0.1, 0.15) is 0 Å². The van der Waals surface area contributed by atoms with Crippen LogP contribution in [0.3, 0.4) is 0 Å². The summed E-state index contributed by atoms with van der Waals surface area (Å²) < 4.78 is 5.20. The van der Waals surface area contributed by atoms with Gasteiger partial charge in [-0.2, -0.15) is 0 Å². The molecule has 2 aliphatic heterocycles. The first-order valence-electron chi connectivity index (χ1n) is 5.57. The van der Waals surface area contributed by atoms with Gasteiger partial charge >= 0.3 is 6.03 Å². The maximum atomic E-state index is 12.0. The van der Waals surface area contributed by atoms with E-state index in [2.05, 4.69) is 0 Å². The molecule has 1 unspecified atom stereocenters. The standard InChI is InChI=1S/C10H18N2O3/c13-9-2-1-3-12(8-9)10(14)11-4-6-15-7-5-11/h9,13H,1-8H2. The highest BCUT2D eigenvalue weighted by atomic mass is 16.5. The Morgan fingerprint density at radius 3 is 2.60 bits per heavy atom. The van der Waals surface area contributed by atoms with Gasteiger partial charge in [0.2, 0.25) is 0 Å². The Morgan fingerprint density at radius 1 is 1.20 bits per heavy atom. The number of likely N-dealkylation sites (tertiary alicyclic amines) is 1. The topological polar surface area (TPSA) is 53.0 Å². The van der Waals surface area contributed by atoms with Crippen LogP contribution >= 0.6 is 0 Å². The van der Waals surface area contributed by atoms with Crippen molar-refractivity contribution in [3.05, 3.63) is 0 Å². The molecule has 2 fully saturated rings. The molecule has 2 saturated heterocycles. The van der Waals surface area contributed by atoms with Crippen molar-refractivity contribution < 1.29 is 14.6 Å². The van der Waals surface area contributed by atoms with E-state index < -0.39 is 0 Å². The molecular formula is C10H18N2O3. The number of β-amino-alcohol motifs (C(OH)–C–C–N with tert-alkyl or cyclic N) is 1. The first kappa shape index (κ1) is 10.7. The molecule has 86 valence electrons. The van der Waals surface area contributed by atoms with Crippen LogP contribution < -0.4 is 0 Å². The molecule has 0 saturated carbocycles. The van der Waals surface area contributed by atoms with Crippen molar-refractivity contribution in [3.8, 4) is 0 Å². The molecule has 0 bridgehead atoms. The zero-order chi connectivity index (χ0) is 10.7. The van der Waals surface area contributed by atoms with Crippen LogP contribution in [0.4, 0.5) is 4.79 Å². The number of rotatable bonds is 0. The predicted octanol–water partition coefficient (Wildman–Crippen LogP) is -0.105. The van der Waals surface area contributed by atoms with Gasteiger partial charge in [-0.05, 0) is 12.8 Å². The van der Waals surface area contributed by atoms with E-state index in [1.165, 1.54) is 0 Å². The van der Waals surface area contributed by atoms with Crippen LogP contribution in [0.1, 0.15) is 12.8 Å². The summed E-state index contributed by atoms with van der Waals surface area (Å²) in [6.07, 6.45) is 1.37. The summed E-state index contributed by atoms with van der Waals surface area (Å²) in [6.45, 7) is 3.85. The average Bonchev–Trinajstić information content (AvgIpc) is 2.29. The van der Waals surface area contributed by atoms with Crippen LogP contribution in [0.25, 0.3) is 0 Å². The van der Waals surface area contributed by atoms with E-state index in [0.29, 0.717) is 32.8 Å². The fourth-order valence-electron chi connectivity index (χ4n) is 2.08. The number of urea groups is 1. The highest BCUT2D eigenvalue weighted by Gasteiger charge is 2.26. The minimum Gasteiger partial charge on any atom is -0.391 e. The predicted molar refractivity (Wildman–Crippen MR) is 54.6 cm³/mol. The van der Waals surface area contributed by atoms with Crippen LogP contribution in [0.2, 0.25) is 0 Å². The Balaban J connectivity index is 1.88. The molecular weight excluding hydrogens is 196 g/mol. The molecule has 0 spiro atoms. The fraction of sp³-hybridized carbons (Fsp3) is 0.900. The van der Waals surface area contributed by atoms with Crippen molar-refractivity contribution >= 4 is 6.03 Å². The van der Waals surface area contributed by atoms with E-state index in [9.17, 15) is 9.90 Å². The number of morpholine rings is 1. The molecule has 5 nitrogen and oxygen atoms in total. The van der Waals surface area contributed by atoms with Crippen LogP contribution in [0.5, 0.6) is 0 Å². The maximum absolute atomic E-state index is 12.0. The third-order valence-electron chi connectivity index (χ3n) is 2.95. The van der Waals surface area contributed by atoms with Crippen molar-refractivity contribution in [3.63, 3.8) is 0 Å². The third kappa shape index (κ3) is 2.60. The Hall–Kier alpha value is -0.810. The number of nitrogens with zero attached hydrogens (tertiary/aromatic N) is 2. The zero-order valence-electron chi connectivity index (χ0n) is 8.89. The lowest BCUT2D eigenvalue weighted by atomic mass is 10.1. The molecule has 1 N–H and O–H groups in total. The largest absolute Gasteiger partial charge is 0.391 e. The Kier molecular flexibility index (Phi) is 3.43. The molecule has 0 aliphatic carbocycles. The van der Waals surface area contributed by atoms with Gasteiger partial charge in [0.25, 0.3) is 0 Å². The van der Waals surface area contributed by atoms with Crippen LogP contribution in [0.15, 0.2) is 0 Å². The minimum atomic E-state index is -0.344. The molecule has 2 rings (SSSR count). The van der Waals surface area contributed by atoms with Gasteiger partial charge < -0.3 is 19.6 Å². The van der Waals surface area contributed by atoms with E-state index >= 15 is 0 Å². The number of hydrogen-bond donors (Lipinski definition) is 1. The van der Waals surface area contributed by atoms with Gasteiger partial charge in [-0.1, -0.05) is 0 Å². The van der Waals surface area contributed by atoms with Crippen molar-refractivity contribution in [1.82, 2.24) is 9.80 Å². The lowest BCUT2D eigenvalue weighted by molar-refractivity contribution is 0.0298. The molecule has 15 heavy (non-hydrogen) atoms. The lowest BCUT2D eigenvalue weighted by Crippen LogP contribution is -2.51. The number of carbonyl (C=O) groups is 1. The molecule has 0 aromatic carbocycles. The van der Waals surface area contributed by atoms with Crippen LogP contribution in [-0.4, -0.2) is 66.4 Å². The van der Waals surface area contributed by atoms with Crippen molar-refractivity contribution in [1.29, 1.82) is 0 Å². The zero-order valence-corrected chi connectivity index (χ0v) is 8.89. The Morgan fingerprint density at radius 2 is 1.93 bits per heavy atom. The lowest BCUT2D eigenvalue weighted by Gasteiger charge is -2.36. The Labute approximate surface area is 89.6 Å². The number of piperidine rings is 1. The van der Waals surface area contributed by atoms with Gasteiger partial charge in [-0.15, -0.1) is 0 Å². The summed E-state index contributed by atoms with van der Waals surface area (Å²) in [7, 11) is 0. The molecule has 0 radical (unpaired) electrons. The van der Waals surface area contributed by atoms with E-state index in [1.807, 2.05) is 4.90 Å². The summed E-state index contributed by atoms with van der Waals surface area (Å²) in [6, 6.07) is 0.0528. The number of hydrogen-bond acceptors (Lipinski definition) is 3. The maximum Gasteiger partial charge on any atom is 0.320 e. The monoisotopic (exact) mass is 214 g/mol. The van der Waals surface area contributed by atoms with Gasteiger partial charge in [0, 0.05) is 26.2 Å². The molecule has 2 heterocycles. The average molecular weight is 214 g/mol. The van der Waals surface area contributed by atoms with Crippen LogP contribution in [-0.2, 0) is 4.74 Å². The Bertz CT molecular complexity index is 229. The summed E-state index contributed by atoms with van der Waals surface area (Å²) in [5, 5.41) is 9.49. The third-order valence-corrected chi connectivity index (χ3v) is 2.95. The van der Waals surface area contributed by atoms with Gasteiger partial charge in [-0.25, -0.2) is 4.79 Å².